The zero-order valence-corrected chi connectivity index (χ0v) is 10.4. The van der Waals surface area contributed by atoms with Crippen LogP contribution in [0.15, 0.2) is 12.1 Å². The second-order valence-corrected chi connectivity index (χ2v) is 3.79. The van der Waals surface area contributed by atoms with Crippen LogP contribution in [0.5, 0.6) is 5.88 Å². The fourth-order valence-corrected chi connectivity index (χ4v) is 1.53. The van der Waals surface area contributed by atoms with E-state index in [9.17, 15) is 0 Å². The molecule has 5 nitrogen and oxygen atoms in total. The first-order chi connectivity index (χ1) is 8.21. The lowest BCUT2D eigenvalue weighted by Gasteiger charge is -2.17. The van der Waals surface area contributed by atoms with Crippen LogP contribution in [-0.4, -0.2) is 29.3 Å². The van der Waals surface area contributed by atoms with E-state index in [4.69, 9.17) is 15.6 Å². The summed E-state index contributed by atoms with van der Waals surface area (Å²) < 4.78 is 5.33. The van der Waals surface area contributed by atoms with Crippen LogP contribution in [0.1, 0.15) is 26.7 Å². The van der Waals surface area contributed by atoms with Crippen molar-refractivity contribution >= 4 is 11.5 Å². The van der Waals surface area contributed by atoms with E-state index in [0.717, 1.165) is 12.2 Å². The Labute approximate surface area is 102 Å². The molecule has 5 heteroatoms. The second-order valence-electron chi connectivity index (χ2n) is 3.79. The van der Waals surface area contributed by atoms with Gasteiger partial charge in [0.05, 0.1) is 12.3 Å². The van der Waals surface area contributed by atoms with Crippen molar-refractivity contribution in [2.24, 2.45) is 0 Å². The fraction of sp³-hybridized carbons (Fsp3) is 0.583. The summed E-state index contributed by atoms with van der Waals surface area (Å²) in [5.74, 6) is 1.18. The molecule has 0 amide bonds. The Bertz CT molecular complexity index is 345. The molecule has 1 aromatic rings. The summed E-state index contributed by atoms with van der Waals surface area (Å²) in [6.45, 7) is 4.66. The van der Waals surface area contributed by atoms with Crippen LogP contribution in [0.3, 0.4) is 0 Å². The molecular formula is C12H21N3O2. The van der Waals surface area contributed by atoms with Crippen molar-refractivity contribution in [2.45, 2.75) is 32.7 Å². The number of nitrogens with zero attached hydrogens (tertiary/aromatic N) is 1. The van der Waals surface area contributed by atoms with Crippen LogP contribution in [0.4, 0.5) is 11.5 Å². The van der Waals surface area contributed by atoms with Gasteiger partial charge in [-0.2, -0.15) is 4.98 Å². The predicted molar refractivity (Wildman–Crippen MR) is 69.2 cm³/mol. The van der Waals surface area contributed by atoms with Gasteiger partial charge in [0, 0.05) is 12.6 Å². The number of ether oxygens (including phenoxy) is 1. The van der Waals surface area contributed by atoms with Crippen molar-refractivity contribution in [3.63, 3.8) is 0 Å². The van der Waals surface area contributed by atoms with E-state index in [1.807, 2.05) is 13.0 Å². The Hall–Kier alpha value is -1.49. The molecule has 96 valence electrons. The van der Waals surface area contributed by atoms with E-state index in [0.29, 0.717) is 24.6 Å². The van der Waals surface area contributed by atoms with Gasteiger partial charge in [-0.15, -0.1) is 0 Å². The monoisotopic (exact) mass is 239 g/mol. The molecule has 0 fully saturated rings. The lowest BCUT2D eigenvalue weighted by molar-refractivity contribution is 0.278. The summed E-state index contributed by atoms with van der Waals surface area (Å²) in [4.78, 5) is 4.29. The number of aliphatic hydroxyl groups is 1. The fourth-order valence-electron chi connectivity index (χ4n) is 1.53. The van der Waals surface area contributed by atoms with E-state index in [2.05, 4.69) is 17.2 Å². The standard InChI is InChI=1S/C12H21N3O2/c1-3-9(7-8-16)14-11-6-5-10(13)12(15-11)17-4-2/h5-6,9,16H,3-4,7-8,13H2,1-2H3,(H,14,15). The largest absolute Gasteiger partial charge is 0.476 e. The highest BCUT2D eigenvalue weighted by Crippen LogP contribution is 2.21. The Balaban J connectivity index is 2.73. The molecule has 0 radical (unpaired) electrons. The third-order valence-corrected chi connectivity index (χ3v) is 2.49. The molecule has 17 heavy (non-hydrogen) atoms. The average Bonchev–Trinajstić information content (AvgIpc) is 2.33. The van der Waals surface area contributed by atoms with Crippen LogP contribution in [0.25, 0.3) is 0 Å². The number of aliphatic hydroxyl groups excluding tert-OH is 1. The average molecular weight is 239 g/mol. The van der Waals surface area contributed by atoms with E-state index >= 15 is 0 Å². The van der Waals surface area contributed by atoms with Crippen LogP contribution < -0.4 is 15.8 Å². The molecule has 0 aliphatic rings. The molecule has 0 spiro atoms. The molecule has 1 unspecified atom stereocenters. The molecule has 0 bridgehead atoms. The summed E-state index contributed by atoms with van der Waals surface area (Å²) in [5.41, 5.74) is 6.28. The minimum absolute atomic E-state index is 0.165. The van der Waals surface area contributed by atoms with Gasteiger partial charge in [0.15, 0.2) is 0 Å². The van der Waals surface area contributed by atoms with Crippen molar-refractivity contribution < 1.29 is 9.84 Å². The molecule has 1 aromatic heterocycles. The number of hydrogen-bond acceptors (Lipinski definition) is 5. The van der Waals surface area contributed by atoms with Crippen molar-refractivity contribution in [3.8, 4) is 5.88 Å². The molecule has 1 atom stereocenters. The summed E-state index contributed by atoms with van der Waals surface area (Å²) in [6.07, 6.45) is 1.63. The Morgan fingerprint density at radius 3 is 2.82 bits per heavy atom. The summed E-state index contributed by atoms with van der Waals surface area (Å²) in [6, 6.07) is 3.80. The SMILES string of the molecule is CCOc1nc(NC(CC)CCO)ccc1N. The lowest BCUT2D eigenvalue weighted by Crippen LogP contribution is -2.20. The van der Waals surface area contributed by atoms with Crippen LogP contribution >= 0.6 is 0 Å². The Morgan fingerprint density at radius 1 is 1.47 bits per heavy atom. The zero-order chi connectivity index (χ0) is 12.7. The lowest BCUT2D eigenvalue weighted by atomic mass is 10.1. The van der Waals surface area contributed by atoms with Crippen LogP contribution in [-0.2, 0) is 0 Å². The number of nitrogens with two attached hydrogens (primary N) is 1. The third-order valence-electron chi connectivity index (χ3n) is 2.49. The number of aromatic nitrogens is 1. The highest BCUT2D eigenvalue weighted by molar-refractivity contribution is 5.53. The molecule has 4 N–H and O–H groups in total. The van der Waals surface area contributed by atoms with Gasteiger partial charge >= 0.3 is 0 Å². The van der Waals surface area contributed by atoms with Gasteiger partial charge in [0.25, 0.3) is 0 Å². The normalized spacial score (nSPS) is 12.2. The van der Waals surface area contributed by atoms with E-state index < -0.39 is 0 Å². The van der Waals surface area contributed by atoms with Gasteiger partial charge in [-0.3, -0.25) is 0 Å². The summed E-state index contributed by atoms with van der Waals surface area (Å²) >= 11 is 0. The number of nitrogen functional groups attached to an aromatic ring is 1. The number of rotatable bonds is 7. The van der Waals surface area contributed by atoms with Crippen molar-refractivity contribution in [3.05, 3.63) is 12.1 Å². The number of hydrogen-bond donors (Lipinski definition) is 3. The molecular weight excluding hydrogens is 218 g/mol. The number of pyridine rings is 1. The second kappa shape index (κ2) is 6.96. The molecule has 0 aromatic carbocycles. The van der Waals surface area contributed by atoms with E-state index in [1.54, 1.807) is 6.07 Å². The van der Waals surface area contributed by atoms with E-state index in [-0.39, 0.29) is 12.6 Å². The minimum atomic E-state index is 0.165. The van der Waals surface area contributed by atoms with Gasteiger partial charge in [-0.05, 0) is 31.9 Å². The molecule has 0 aliphatic heterocycles. The first-order valence-corrected chi connectivity index (χ1v) is 5.97. The number of anilines is 2. The highest BCUT2D eigenvalue weighted by Gasteiger charge is 2.08. The molecule has 0 saturated heterocycles. The maximum Gasteiger partial charge on any atom is 0.239 e. The van der Waals surface area contributed by atoms with Gasteiger partial charge in [0.1, 0.15) is 5.82 Å². The van der Waals surface area contributed by atoms with Crippen molar-refractivity contribution in [2.75, 3.05) is 24.3 Å². The third kappa shape index (κ3) is 4.11. The first kappa shape index (κ1) is 13.6. The quantitative estimate of drug-likeness (QED) is 0.674. The topological polar surface area (TPSA) is 80.4 Å². The zero-order valence-electron chi connectivity index (χ0n) is 10.4. The Morgan fingerprint density at radius 2 is 2.24 bits per heavy atom. The molecule has 0 saturated carbocycles. The van der Waals surface area contributed by atoms with Crippen molar-refractivity contribution in [1.82, 2.24) is 4.98 Å². The molecule has 0 aliphatic carbocycles. The Kier molecular flexibility index (Phi) is 5.56. The van der Waals surface area contributed by atoms with Crippen LogP contribution in [0.2, 0.25) is 0 Å². The van der Waals surface area contributed by atoms with Gasteiger partial charge < -0.3 is 20.9 Å². The highest BCUT2D eigenvalue weighted by atomic mass is 16.5. The molecule has 1 rings (SSSR count). The van der Waals surface area contributed by atoms with Gasteiger partial charge in [-0.1, -0.05) is 6.92 Å². The summed E-state index contributed by atoms with van der Waals surface area (Å²) in [5, 5.41) is 12.2. The summed E-state index contributed by atoms with van der Waals surface area (Å²) in [7, 11) is 0. The molecule has 1 heterocycles. The minimum Gasteiger partial charge on any atom is -0.476 e. The number of nitrogens with one attached hydrogen (secondary N) is 1. The maximum atomic E-state index is 8.92. The van der Waals surface area contributed by atoms with Gasteiger partial charge in [0.2, 0.25) is 5.88 Å². The van der Waals surface area contributed by atoms with E-state index in [1.165, 1.54) is 0 Å². The smallest absolute Gasteiger partial charge is 0.239 e. The van der Waals surface area contributed by atoms with Crippen LogP contribution in [0, 0.1) is 0 Å². The van der Waals surface area contributed by atoms with Gasteiger partial charge in [-0.25, -0.2) is 0 Å². The first-order valence-electron chi connectivity index (χ1n) is 5.97. The predicted octanol–water partition coefficient (Wildman–Crippen LogP) is 1.64. The maximum absolute atomic E-state index is 8.92. The van der Waals surface area contributed by atoms with Crippen molar-refractivity contribution in [1.29, 1.82) is 0 Å².